The molecule has 0 bridgehead atoms. The summed E-state index contributed by atoms with van der Waals surface area (Å²) >= 11 is 0. The van der Waals surface area contributed by atoms with E-state index in [-0.39, 0.29) is 18.6 Å². The highest BCUT2D eigenvalue weighted by atomic mass is 16.3. The second-order valence-electron chi connectivity index (χ2n) is 4.71. The molecule has 1 aromatic heterocycles. The van der Waals surface area contributed by atoms with Gasteiger partial charge in [-0.1, -0.05) is 36.4 Å². The third-order valence-electron chi connectivity index (χ3n) is 3.11. The first kappa shape index (κ1) is 14.2. The fraction of sp³-hybridized carbons (Fsp3) is 0.250. The van der Waals surface area contributed by atoms with E-state index in [1.54, 1.807) is 12.3 Å². The van der Waals surface area contributed by atoms with Crippen molar-refractivity contribution in [3.8, 4) is 0 Å². The number of amides is 1. The summed E-state index contributed by atoms with van der Waals surface area (Å²) in [5, 5.41) is 12.2. The van der Waals surface area contributed by atoms with E-state index >= 15 is 0 Å². The molecule has 1 atom stereocenters. The highest BCUT2D eigenvalue weighted by Gasteiger charge is 2.15. The lowest BCUT2D eigenvalue weighted by atomic mass is 10.1. The molecule has 4 nitrogen and oxygen atoms in total. The molecule has 1 amide bonds. The number of rotatable bonds is 5. The van der Waals surface area contributed by atoms with Crippen LogP contribution in [0.15, 0.2) is 48.7 Å². The molecule has 4 heteroatoms. The number of pyridine rings is 1. The summed E-state index contributed by atoms with van der Waals surface area (Å²) in [4.78, 5) is 16.2. The van der Waals surface area contributed by atoms with Gasteiger partial charge in [-0.05, 0) is 30.5 Å². The maximum Gasteiger partial charge on any atom is 0.270 e. The molecule has 104 valence electrons. The Morgan fingerprint density at radius 3 is 2.65 bits per heavy atom. The first-order valence-corrected chi connectivity index (χ1v) is 6.58. The van der Waals surface area contributed by atoms with E-state index < -0.39 is 0 Å². The molecule has 0 aliphatic rings. The summed E-state index contributed by atoms with van der Waals surface area (Å²) in [5.41, 5.74) is 2.30. The Bertz CT molecular complexity index is 570. The first-order chi connectivity index (χ1) is 9.70. The molecule has 0 fully saturated rings. The van der Waals surface area contributed by atoms with Crippen LogP contribution in [0.4, 0.5) is 0 Å². The zero-order chi connectivity index (χ0) is 14.4. The van der Waals surface area contributed by atoms with Crippen molar-refractivity contribution in [2.45, 2.75) is 19.4 Å². The predicted octanol–water partition coefficient (Wildman–Crippen LogP) is 1.72. The van der Waals surface area contributed by atoms with Crippen molar-refractivity contribution in [3.05, 3.63) is 65.5 Å². The summed E-state index contributed by atoms with van der Waals surface area (Å²) < 4.78 is 0. The minimum atomic E-state index is -0.314. The van der Waals surface area contributed by atoms with Gasteiger partial charge >= 0.3 is 0 Å². The molecule has 2 rings (SSSR count). The highest BCUT2D eigenvalue weighted by molar-refractivity contribution is 5.93. The third kappa shape index (κ3) is 3.65. The average Bonchev–Trinajstić information content (AvgIpc) is 2.48. The average molecular weight is 270 g/mol. The summed E-state index contributed by atoms with van der Waals surface area (Å²) in [5.74, 6) is -0.252. The predicted molar refractivity (Wildman–Crippen MR) is 77.5 cm³/mol. The van der Waals surface area contributed by atoms with Gasteiger partial charge in [0.25, 0.3) is 5.91 Å². The van der Waals surface area contributed by atoms with Crippen LogP contribution in [0.3, 0.4) is 0 Å². The van der Waals surface area contributed by atoms with Crippen LogP contribution in [0.2, 0.25) is 0 Å². The largest absolute Gasteiger partial charge is 0.394 e. The Kier molecular flexibility index (Phi) is 4.85. The maximum atomic E-state index is 12.1. The Hall–Kier alpha value is -2.20. The molecular weight excluding hydrogens is 252 g/mol. The van der Waals surface area contributed by atoms with Crippen molar-refractivity contribution in [2.24, 2.45) is 0 Å². The van der Waals surface area contributed by atoms with E-state index in [1.807, 2.05) is 43.3 Å². The van der Waals surface area contributed by atoms with Gasteiger partial charge in [-0.3, -0.25) is 9.78 Å². The maximum absolute atomic E-state index is 12.1. The molecule has 0 radical (unpaired) electrons. The van der Waals surface area contributed by atoms with Gasteiger partial charge in [0.15, 0.2) is 0 Å². The Morgan fingerprint density at radius 1 is 1.25 bits per heavy atom. The number of nitrogens with one attached hydrogen (secondary N) is 1. The number of aryl methyl sites for hydroxylation is 1. The van der Waals surface area contributed by atoms with Crippen LogP contribution in [-0.2, 0) is 6.42 Å². The van der Waals surface area contributed by atoms with Crippen molar-refractivity contribution < 1.29 is 9.90 Å². The fourth-order valence-corrected chi connectivity index (χ4v) is 2.04. The monoisotopic (exact) mass is 270 g/mol. The van der Waals surface area contributed by atoms with E-state index in [2.05, 4.69) is 10.3 Å². The smallest absolute Gasteiger partial charge is 0.270 e. The number of aliphatic hydroxyl groups excluding tert-OH is 1. The molecule has 2 N–H and O–H groups in total. The molecule has 0 aliphatic heterocycles. The fourth-order valence-electron chi connectivity index (χ4n) is 2.04. The van der Waals surface area contributed by atoms with Gasteiger partial charge < -0.3 is 10.4 Å². The standard InChI is InChI=1S/C16H18N2O2/c1-12-6-5-9-17-15(12)16(20)18-14(11-19)10-13-7-3-2-4-8-13/h2-9,14,19H,10-11H2,1H3,(H,18,20). The minimum Gasteiger partial charge on any atom is -0.394 e. The molecule has 0 spiro atoms. The second-order valence-corrected chi connectivity index (χ2v) is 4.71. The molecule has 1 unspecified atom stereocenters. The van der Waals surface area contributed by atoms with E-state index in [1.165, 1.54) is 0 Å². The Morgan fingerprint density at radius 2 is 2.00 bits per heavy atom. The number of hydrogen-bond donors (Lipinski definition) is 2. The topological polar surface area (TPSA) is 62.2 Å². The lowest BCUT2D eigenvalue weighted by Crippen LogP contribution is -2.39. The molecular formula is C16H18N2O2. The van der Waals surface area contributed by atoms with Gasteiger partial charge in [0, 0.05) is 6.20 Å². The van der Waals surface area contributed by atoms with E-state index in [0.29, 0.717) is 12.1 Å². The van der Waals surface area contributed by atoms with E-state index in [9.17, 15) is 9.90 Å². The van der Waals surface area contributed by atoms with Crippen LogP contribution in [0.5, 0.6) is 0 Å². The van der Waals surface area contributed by atoms with Crippen LogP contribution in [-0.4, -0.2) is 28.6 Å². The molecule has 1 aromatic carbocycles. The molecule has 2 aromatic rings. The third-order valence-corrected chi connectivity index (χ3v) is 3.11. The normalized spacial score (nSPS) is 11.9. The quantitative estimate of drug-likeness (QED) is 0.869. The van der Waals surface area contributed by atoms with Crippen molar-refractivity contribution in [1.82, 2.24) is 10.3 Å². The van der Waals surface area contributed by atoms with Gasteiger partial charge in [-0.15, -0.1) is 0 Å². The van der Waals surface area contributed by atoms with Gasteiger partial charge in [-0.25, -0.2) is 0 Å². The molecule has 0 saturated carbocycles. The summed E-state index contributed by atoms with van der Waals surface area (Å²) in [7, 11) is 0. The summed E-state index contributed by atoms with van der Waals surface area (Å²) in [6.45, 7) is 1.74. The molecule has 1 heterocycles. The Balaban J connectivity index is 2.03. The van der Waals surface area contributed by atoms with Crippen LogP contribution in [0, 0.1) is 6.92 Å². The number of aromatic nitrogens is 1. The van der Waals surface area contributed by atoms with Crippen LogP contribution in [0.1, 0.15) is 21.6 Å². The molecule has 0 saturated heterocycles. The van der Waals surface area contributed by atoms with Gasteiger partial charge in [0.1, 0.15) is 5.69 Å². The number of hydrogen-bond acceptors (Lipinski definition) is 3. The number of nitrogens with zero attached hydrogens (tertiary/aromatic N) is 1. The zero-order valence-electron chi connectivity index (χ0n) is 11.4. The highest BCUT2D eigenvalue weighted by Crippen LogP contribution is 2.06. The van der Waals surface area contributed by atoms with Gasteiger partial charge in [0.2, 0.25) is 0 Å². The van der Waals surface area contributed by atoms with Crippen LogP contribution < -0.4 is 5.32 Å². The van der Waals surface area contributed by atoms with Gasteiger partial charge in [0.05, 0.1) is 12.6 Å². The van der Waals surface area contributed by atoms with Crippen molar-refractivity contribution in [1.29, 1.82) is 0 Å². The van der Waals surface area contributed by atoms with Crippen molar-refractivity contribution >= 4 is 5.91 Å². The van der Waals surface area contributed by atoms with Crippen molar-refractivity contribution in [3.63, 3.8) is 0 Å². The number of carbonyl (C=O) groups is 1. The zero-order valence-corrected chi connectivity index (χ0v) is 11.4. The van der Waals surface area contributed by atoms with Crippen LogP contribution >= 0.6 is 0 Å². The summed E-state index contributed by atoms with van der Waals surface area (Å²) in [6, 6.07) is 13.1. The van der Waals surface area contributed by atoms with Crippen molar-refractivity contribution in [2.75, 3.05) is 6.61 Å². The minimum absolute atomic E-state index is 0.105. The molecule has 0 aliphatic carbocycles. The number of benzene rings is 1. The molecule has 20 heavy (non-hydrogen) atoms. The second kappa shape index (κ2) is 6.82. The lowest BCUT2D eigenvalue weighted by molar-refractivity contribution is 0.0911. The number of aliphatic hydroxyl groups is 1. The first-order valence-electron chi connectivity index (χ1n) is 6.58. The van der Waals surface area contributed by atoms with Crippen LogP contribution in [0.25, 0.3) is 0 Å². The number of carbonyl (C=O) groups excluding carboxylic acids is 1. The van der Waals surface area contributed by atoms with Gasteiger partial charge in [-0.2, -0.15) is 0 Å². The summed E-state index contributed by atoms with van der Waals surface area (Å²) in [6.07, 6.45) is 2.18. The SMILES string of the molecule is Cc1cccnc1C(=O)NC(CO)Cc1ccccc1. The lowest BCUT2D eigenvalue weighted by Gasteiger charge is -2.16. The van der Waals surface area contributed by atoms with E-state index in [4.69, 9.17) is 0 Å². The Labute approximate surface area is 118 Å². The van der Waals surface area contributed by atoms with E-state index in [0.717, 1.165) is 11.1 Å².